The first-order valence-corrected chi connectivity index (χ1v) is 7.12. The summed E-state index contributed by atoms with van der Waals surface area (Å²) < 4.78 is 27.3. The van der Waals surface area contributed by atoms with Gasteiger partial charge in [0.25, 0.3) is 10.2 Å². The summed E-state index contributed by atoms with van der Waals surface area (Å²) in [5.74, 6) is -1.51. The van der Waals surface area contributed by atoms with Crippen molar-refractivity contribution in [2.75, 3.05) is 19.6 Å². The third-order valence-electron chi connectivity index (χ3n) is 2.27. The topological polar surface area (TPSA) is 86.7 Å². The summed E-state index contributed by atoms with van der Waals surface area (Å²) in [7, 11) is -3.58. The maximum atomic E-state index is 11.8. The van der Waals surface area contributed by atoms with Gasteiger partial charge < -0.3 is 5.11 Å². The van der Waals surface area contributed by atoms with Crippen LogP contribution < -0.4 is 4.72 Å². The molecule has 0 fully saturated rings. The molecule has 0 saturated carbocycles. The molecule has 0 amide bonds. The van der Waals surface area contributed by atoms with Crippen molar-refractivity contribution in [1.29, 1.82) is 0 Å². The number of hydrogen-bond donors (Lipinski definition) is 2. The summed E-state index contributed by atoms with van der Waals surface area (Å²) in [6, 6.07) is 0. The van der Waals surface area contributed by atoms with Gasteiger partial charge in [0.2, 0.25) is 0 Å². The van der Waals surface area contributed by atoms with Crippen LogP contribution in [0.3, 0.4) is 0 Å². The van der Waals surface area contributed by atoms with E-state index < -0.39 is 22.1 Å². The van der Waals surface area contributed by atoms with Gasteiger partial charge in [0.1, 0.15) is 0 Å². The first kappa shape index (κ1) is 16.3. The highest BCUT2D eigenvalue weighted by atomic mass is 32.2. The molecule has 1 atom stereocenters. The molecule has 0 heterocycles. The highest BCUT2D eigenvalue weighted by molar-refractivity contribution is 7.87. The van der Waals surface area contributed by atoms with Gasteiger partial charge in [0, 0.05) is 19.6 Å². The first-order valence-electron chi connectivity index (χ1n) is 5.68. The summed E-state index contributed by atoms with van der Waals surface area (Å²) >= 11 is 0. The van der Waals surface area contributed by atoms with Crippen LogP contribution in [0.4, 0.5) is 0 Å². The molecule has 6 nitrogen and oxygen atoms in total. The van der Waals surface area contributed by atoms with E-state index >= 15 is 0 Å². The SMILES string of the molecule is CCN(CC(C)C(=O)O)S(=O)(=O)NCC(C)C. The molecule has 0 aliphatic carbocycles. The largest absolute Gasteiger partial charge is 0.481 e. The Kier molecular flexibility index (Phi) is 6.66. The molecule has 0 bridgehead atoms. The smallest absolute Gasteiger partial charge is 0.307 e. The van der Waals surface area contributed by atoms with Crippen molar-refractivity contribution < 1.29 is 18.3 Å². The lowest BCUT2D eigenvalue weighted by Gasteiger charge is -2.23. The summed E-state index contributed by atoms with van der Waals surface area (Å²) in [6.45, 7) is 7.56. The summed E-state index contributed by atoms with van der Waals surface area (Å²) in [6.07, 6.45) is 0. The summed E-state index contributed by atoms with van der Waals surface area (Å²) in [5, 5.41) is 8.77. The Hall–Kier alpha value is -0.660. The number of rotatable bonds is 8. The fraction of sp³-hybridized carbons (Fsp3) is 0.900. The van der Waals surface area contributed by atoms with Gasteiger partial charge in [-0.05, 0) is 5.92 Å². The number of nitrogens with zero attached hydrogens (tertiary/aromatic N) is 1. The molecule has 2 N–H and O–H groups in total. The average molecular weight is 266 g/mol. The van der Waals surface area contributed by atoms with Gasteiger partial charge in [0.05, 0.1) is 5.92 Å². The Morgan fingerprint density at radius 1 is 1.35 bits per heavy atom. The van der Waals surface area contributed by atoms with E-state index in [9.17, 15) is 13.2 Å². The number of carbonyl (C=O) groups is 1. The lowest BCUT2D eigenvalue weighted by Crippen LogP contribution is -2.44. The normalized spacial score (nSPS) is 14.2. The van der Waals surface area contributed by atoms with Gasteiger partial charge in [-0.3, -0.25) is 4.79 Å². The standard InChI is InChI=1S/C10H22N2O4S/c1-5-12(7-9(4)10(13)14)17(15,16)11-6-8(2)3/h8-9,11H,5-7H2,1-4H3,(H,13,14). The molecule has 7 heteroatoms. The van der Waals surface area contributed by atoms with E-state index in [1.54, 1.807) is 6.92 Å². The predicted octanol–water partition coefficient (Wildman–Crippen LogP) is 0.519. The third kappa shape index (κ3) is 5.99. The van der Waals surface area contributed by atoms with Gasteiger partial charge in [0.15, 0.2) is 0 Å². The van der Waals surface area contributed by atoms with Crippen LogP contribution in [0.5, 0.6) is 0 Å². The lowest BCUT2D eigenvalue weighted by molar-refractivity contribution is -0.141. The van der Waals surface area contributed by atoms with E-state index in [1.807, 2.05) is 13.8 Å². The van der Waals surface area contributed by atoms with Crippen molar-refractivity contribution in [3.8, 4) is 0 Å². The Morgan fingerprint density at radius 2 is 1.88 bits per heavy atom. The van der Waals surface area contributed by atoms with Gasteiger partial charge in [-0.2, -0.15) is 12.7 Å². The highest BCUT2D eigenvalue weighted by Crippen LogP contribution is 2.05. The molecule has 0 aromatic rings. The molecule has 102 valence electrons. The van der Waals surface area contributed by atoms with E-state index in [0.717, 1.165) is 4.31 Å². The van der Waals surface area contributed by atoms with Crippen molar-refractivity contribution >= 4 is 16.2 Å². The van der Waals surface area contributed by atoms with E-state index in [4.69, 9.17) is 5.11 Å². The van der Waals surface area contributed by atoms with Crippen molar-refractivity contribution in [3.05, 3.63) is 0 Å². The predicted molar refractivity (Wildman–Crippen MR) is 65.8 cm³/mol. The van der Waals surface area contributed by atoms with E-state index in [-0.39, 0.29) is 19.0 Å². The molecule has 0 rings (SSSR count). The zero-order chi connectivity index (χ0) is 13.6. The van der Waals surface area contributed by atoms with Gasteiger partial charge in [-0.25, -0.2) is 4.72 Å². The van der Waals surface area contributed by atoms with Crippen LogP contribution in [0.1, 0.15) is 27.7 Å². The van der Waals surface area contributed by atoms with Gasteiger partial charge in [-0.1, -0.05) is 27.7 Å². The van der Waals surface area contributed by atoms with E-state index in [0.29, 0.717) is 6.54 Å². The molecule has 0 aliphatic heterocycles. The van der Waals surface area contributed by atoms with Gasteiger partial charge in [-0.15, -0.1) is 0 Å². The molecular formula is C10H22N2O4S. The minimum absolute atomic E-state index is 0.0146. The second-order valence-corrected chi connectivity index (χ2v) is 6.19. The van der Waals surface area contributed by atoms with Crippen LogP contribution in [0.15, 0.2) is 0 Å². The second kappa shape index (κ2) is 6.93. The van der Waals surface area contributed by atoms with Crippen molar-refractivity contribution in [2.24, 2.45) is 11.8 Å². The zero-order valence-electron chi connectivity index (χ0n) is 10.8. The minimum Gasteiger partial charge on any atom is -0.481 e. The van der Waals surface area contributed by atoms with Crippen molar-refractivity contribution in [1.82, 2.24) is 9.03 Å². The maximum Gasteiger partial charge on any atom is 0.307 e. The maximum absolute atomic E-state index is 11.8. The van der Waals surface area contributed by atoms with Crippen LogP contribution in [0.2, 0.25) is 0 Å². The zero-order valence-corrected chi connectivity index (χ0v) is 11.6. The third-order valence-corrected chi connectivity index (χ3v) is 3.88. The molecule has 0 aromatic heterocycles. The number of hydrogen-bond acceptors (Lipinski definition) is 3. The van der Waals surface area contributed by atoms with E-state index in [1.165, 1.54) is 6.92 Å². The number of aliphatic carboxylic acids is 1. The van der Waals surface area contributed by atoms with Crippen LogP contribution in [0.25, 0.3) is 0 Å². The fourth-order valence-electron chi connectivity index (χ4n) is 1.14. The van der Waals surface area contributed by atoms with E-state index in [2.05, 4.69) is 4.72 Å². The molecule has 0 radical (unpaired) electrons. The monoisotopic (exact) mass is 266 g/mol. The lowest BCUT2D eigenvalue weighted by atomic mass is 10.2. The van der Waals surface area contributed by atoms with Crippen molar-refractivity contribution in [3.63, 3.8) is 0 Å². The molecule has 0 aromatic carbocycles. The van der Waals surface area contributed by atoms with Crippen LogP contribution >= 0.6 is 0 Å². The number of nitrogens with one attached hydrogen (secondary N) is 1. The molecule has 17 heavy (non-hydrogen) atoms. The Labute approximate surface area is 103 Å². The Balaban J connectivity index is 4.58. The highest BCUT2D eigenvalue weighted by Gasteiger charge is 2.24. The number of carboxylic acids is 1. The van der Waals surface area contributed by atoms with Crippen molar-refractivity contribution in [2.45, 2.75) is 27.7 Å². The van der Waals surface area contributed by atoms with Crippen LogP contribution in [-0.4, -0.2) is 43.4 Å². The Morgan fingerprint density at radius 3 is 2.24 bits per heavy atom. The first-order chi connectivity index (χ1) is 7.70. The quantitative estimate of drug-likeness (QED) is 0.670. The fourth-order valence-corrected chi connectivity index (χ4v) is 2.63. The summed E-state index contributed by atoms with van der Waals surface area (Å²) in [5.41, 5.74) is 0. The second-order valence-electron chi connectivity index (χ2n) is 4.44. The number of carboxylic acid groups (broad SMARTS) is 1. The van der Waals surface area contributed by atoms with Crippen LogP contribution in [-0.2, 0) is 15.0 Å². The van der Waals surface area contributed by atoms with Crippen LogP contribution in [0, 0.1) is 11.8 Å². The van der Waals surface area contributed by atoms with Gasteiger partial charge >= 0.3 is 5.97 Å². The average Bonchev–Trinajstić information content (AvgIpc) is 2.22. The minimum atomic E-state index is -3.58. The molecule has 1 unspecified atom stereocenters. The molecule has 0 aliphatic rings. The molecule has 0 saturated heterocycles. The Bertz CT molecular complexity index is 340. The summed E-state index contributed by atoms with van der Waals surface area (Å²) in [4.78, 5) is 10.7. The molecule has 0 spiro atoms. The molecular weight excluding hydrogens is 244 g/mol.